The lowest BCUT2D eigenvalue weighted by Gasteiger charge is -2.17. The van der Waals surface area contributed by atoms with Gasteiger partial charge in [0.25, 0.3) is 11.1 Å². The molecule has 0 aromatic heterocycles. The molecule has 0 saturated carbocycles. The molecule has 0 spiro atoms. The van der Waals surface area contributed by atoms with Crippen LogP contribution < -0.4 is 0 Å². The van der Waals surface area contributed by atoms with Crippen LogP contribution in [0.1, 0.15) is 0 Å². The van der Waals surface area contributed by atoms with Gasteiger partial charge in [0.2, 0.25) is 0 Å². The first-order chi connectivity index (χ1) is 7.31. The van der Waals surface area contributed by atoms with Gasteiger partial charge in [0.15, 0.2) is 0 Å². The molecule has 0 aromatic rings. The van der Waals surface area contributed by atoms with Crippen molar-refractivity contribution in [1.82, 2.24) is 0 Å². The Hall–Kier alpha value is -1.14. The van der Waals surface area contributed by atoms with E-state index in [0.29, 0.717) is 0 Å². The third kappa shape index (κ3) is 8.65. The van der Waals surface area contributed by atoms with Crippen LogP contribution in [-0.4, -0.2) is 20.7 Å². The van der Waals surface area contributed by atoms with E-state index in [0.717, 1.165) is 0 Å². The number of rotatable bonds is 2. The zero-order valence-electron chi connectivity index (χ0n) is 7.07. The Bertz CT molecular complexity index is 331. The molecule has 0 saturated heterocycles. The summed E-state index contributed by atoms with van der Waals surface area (Å²) in [4.78, 5) is 0. The molecule has 0 bridgehead atoms. The second-order valence-corrected chi connectivity index (χ2v) is 2.29. The summed E-state index contributed by atoms with van der Waals surface area (Å²) in [6.07, 6.45) is -15.6. The van der Waals surface area contributed by atoms with Gasteiger partial charge in [-0.3, -0.25) is 0 Å². The second kappa shape index (κ2) is 6.56. The molecule has 0 heterocycles. The summed E-state index contributed by atoms with van der Waals surface area (Å²) < 4.78 is 119. The Morgan fingerprint density at radius 1 is 0.941 bits per heavy atom. The Labute approximate surface area is 88.7 Å². The van der Waals surface area contributed by atoms with E-state index in [4.69, 9.17) is 8.42 Å². The zero-order chi connectivity index (χ0) is 14.4. The third-order valence-corrected chi connectivity index (χ3v) is 0.696. The van der Waals surface area contributed by atoms with E-state index < -0.39 is 35.5 Å². The van der Waals surface area contributed by atoms with Crippen LogP contribution in [-0.2, 0) is 15.8 Å². The van der Waals surface area contributed by atoms with E-state index in [2.05, 4.69) is 4.74 Å². The van der Waals surface area contributed by atoms with Crippen LogP contribution in [0, 0.1) is 0 Å². The van der Waals surface area contributed by atoms with Crippen molar-refractivity contribution in [3.8, 4) is 0 Å². The topological polar surface area (TPSA) is 43.4 Å². The van der Waals surface area contributed by atoms with Gasteiger partial charge in [-0.15, -0.1) is 3.89 Å². The van der Waals surface area contributed by atoms with Gasteiger partial charge in [0.1, 0.15) is 0 Å². The van der Waals surface area contributed by atoms with Gasteiger partial charge >= 0.3 is 24.4 Å². The van der Waals surface area contributed by atoms with Crippen molar-refractivity contribution in [3.05, 3.63) is 12.1 Å². The average molecular weight is 300 g/mol. The fourth-order valence-corrected chi connectivity index (χ4v) is 0.209. The smallest absolute Gasteiger partial charge is 0.395 e. The second-order valence-electron chi connectivity index (χ2n) is 1.86. The Balaban J connectivity index is 0. The van der Waals surface area contributed by atoms with Gasteiger partial charge in [0, 0.05) is 0 Å². The molecular formula is C4HF9O3S. The average Bonchev–Trinajstić information content (AvgIpc) is 1.99. The normalized spacial score (nSPS) is 11.6. The molecule has 0 aliphatic heterocycles. The monoisotopic (exact) mass is 300 g/mol. The molecule has 17 heavy (non-hydrogen) atoms. The molecule has 0 atom stereocenters. The minimum Gasteiger partial charge on any atom is -0.395 e. The van der Waals surface area contributed by atoms with Crippen molar-refractivity contribution < 1.29 is 52.2 Å². The van der Waals surface area contributed by atoms with Crippen LogP contribution in [0.4, 0.5) is 39.0 Å². The van der Waals surface area contributed by atoms with E-state index in [1.807, 2.05) is 0 Å². The largest absolute Gasteiger partial charge is 0.500 e. The van der Waals surface area contributed by atoms with Crippen molar-refractivity contribution >= 4 is 11.1 Å². The summed E-state index contributed by atoms with van der Waals surface area (Å²) in [5, 5.41) is 0. The Morgan fingerprint density at radius 3 is 1.41 bits per heavy atom. The maximum Gasteiger partial charge on any atom is 0.500 e. The minimum absolute atomic E-state index is 2.07. The van der Waals surface area contributed by atoms with Crippen LogP contribution in [0.5, 0.6) is 0 Å². The predicted molar refractivity (Wildman–Crippen MR) is 33.9 cm³/mol. The number of ether oxygens (including phenoxy) is 1. The molecule has 0 aliphatic rings. The van der Waals surface area contributed by atoms with Crippen LogP contribution in [0.25, 0.3) is 0 Å². The molecule has 0 radical (unpaired) electrons. The third-order valence-electron chi connectivity index (χ3n) is 0.696. The number of alkyl halides is 5. The number of hydrogen-bond acceptors (Lipinski definition) is 3. The van der Waals surface area contributed by atoms with Gasteiger partial charge in [-0.05, 0) is 0 Å². The van der Waals surface area contributed by atoms with Gasteiger partial charge in [-0.2, -0.15) is 43.5 Å². The minimum atomic E-state index is -6.25. The lowest BCUT2D eigenvalue weighted by Crippen LogP contribution is -2.38. The van der Waals surface area contributed by atoms with Crippen LogP contribution in [0.2, 0.25) is 0 Å². The highest BCUT2D eigenvalue weighted by Crippen LogP contribution is 2.38. The van der Waals surface area contributed by atoms with Crippen molar-refractivity contribution in [2.75, 3.05) is 0 Å². The Morgan fingerprint density at radius 2 is 1.24 bits per heavy atom. The van der Waals surface area contributed by atoms with E-state index in [9.17, 15) is 39.0 Å². The Kier molecular flexibility index (Phi) is 7.04. The SMILES string of the molecule is FC(F)=C(F)OC(F)(F)C(F)(F)F.O=[SH](=O)F. The fraction of sp³-hybridized carbons (Fsp3) is 0.500. The highest BCUT2D eigenvalue weighted by molar-refractivity contribution is 7.66. The highest BCUT2D eigenvalue weighted by Gasteiger charge is 2.62. The summed E-state index contributed by atoms with van der Waals surface area (Å²) in [6, 6.07) is -3.26. The van der Waals surface area contributed by atoms with E-state index >= 15 is 0 Å². The molecule has 0 amide bonds. The van der Waals surface area contributed by atoms with Crippen LogP contribution in [0.15, 0.2) is 12.1 Å². The fourth-order valence-electron chi connectivity index (χ4n) is 0.209. The van der Waals surface area contributed by atoms with E-state index in [-0.39, 0.29) is 0 Å². The lowest BCUT2D eigenvalue weighted by molar-refractivity contribution is -0.385. The highest BCUT2D eigenvalue weighted by atomic mass is 32.2. The molecule has 0 aromatic carbocycles. The first kappa shape index (κ1) is 18.2. The molecule has 0 N–H and O–H groups in total. The summed E-state index contributed by atoms with van der Waals surface area (Å²) in [5.74, 6) is 0. The molecule has 13 heteroatoms. The first-order valence-electron chi connectivity index (χ1n) is 2.95. The molecule has 3 nitrogen and oxygen atoms in total. The first-order valence-corrected chi connectivity index (χ1v) is 4.02. The molecule has 104 valence electrons. The summed E-state index contributed by atoms with van der Waals surface area (Å²) in [6.45, 7) is 0. The summed E-state index contributed by atoms with van der Waals surface area (Å²) in [7, 11) is 0. The summed E-state index contributed by atoms with van der Waals surface area (Å²) >= 11 is -3.62. The lowest BCUT2D eigenvalue weighted by atomic mass is 10.6. The molecule has 0 aliphatic carbocycles. The van der Waals surface area contributed by atoms with Crippen molar-refractivity contribution in [2.45, 2.75) is 12.3 Å². The van der Waals surface area contributed by atoms with Crippen LogP contribution >= 0.6 is 0 Å². The van der Waals surface area contributed by atoms with Gasteiger partial charge in [-0.25, -0.2) is 0 Å². The predicted octanol–water partition coefficient (Wildman–Crippen LogP) is 2.68. The molecular weight excluding hydrogens is 299 g/mol. The van der Waals surface area contributed by atoms with Gasteiger partial charge in [0.05, 0.1) is 0 Å². The maximum atomic E-state index is 11.6. The number of hydrogen-bond donors (Lipinski definition) is 1. The molecule has 0 rings (SSSR count). The maximum absolute atomic E-state index is 11.6. The van der Waals surface area contributed by atoms with Gasteiger partial charge < -0.3 is 4.74 Å². The van der Waals surface area contributed by atoms with Gasteiger partial charge in [-0.1, -0.05) is 0 Å². The molecule has 0 unspecified atom stereocenters. The molecule has 0 fully saturated rings. The summed E-state index contributed by atoms with van der Waals surface area (Å²) in [5.41, 5.74) is 0. The number of thiol groups is 1. The van der Waals surface area contributed by atoms with Crippen molar-refractivity contribution in [1.29, 1.82) is 0 Å². The quantitative estimate of drug-likeness (QED) is 0.369. The van der Waals surface area contributed by atoms with Crippen molar-refractivity contribution in [2.24, 2.45) is 0 Å². The van der Waals surface area contributed by atoms with E-state index in [1.54, 1.807) is 0 Å². The standard InChI is InChI=1S/C4F8O.FHO2S/c5-1(6)2(7)13-4(11,12)3(8,9)10;1-4(2)3/h;4H. The number of halogens is 9. The van der Waals surface area contributed by atoms with Crippen molar-refractivity contribution in [3.63, 3.8) is 0 Å². The van der Waals surface area contributed by atoms with E-state index in [1.165, 1.54) is 0 Å². The van der Waals surface area contributed by atoms with Crippen LogP contribution in [0.3, 0.4) is 0 Å². The zero-order valence-corrected chi connectivity index (χ0v) is 7.97.